The maximum atomic E-state index is 3.28. The first-order valence-corrected chi connectivity index (χ1v) is 6.29. The Morgan fingerprint density at radius 1 is 1.14 bits per heavy atom. The normalized spacial score (nSPS) is 26.5. The summed E-state index contributed by atoms with van der Waals surface area (Å²) in [5.41, 5.74) is 0. The van der Waals surface area contributed by atoms with Crippen molar-refractivity contribution in [1.29, 1.82) is 0 Å². The highest BCUT2D eigenvalue weighted by Gasteiger charge is 2.05. The summed E-state index contributed by atoms with van der Waals surface area (Å²) in [6.07, 6.45) is 14.3. The highest BCUT2D eigenvalue weighted by Crippen LogP contribution is 2.20. The van der Waals surface area contributed by atoms with E-state index in [1.165, 1.54) is 58.0 Å². The minimum atomic E-state index is 1.000. The van der Waals surface area contributed by atoms with Crippen molar-refractivity contribution in [3.63, 3.8) is 0 Å². The van der Waals surface area contributed by atoms with Gasteiger partial charge in [-0.1, -0.05) is 31.9 Å². The first-order valence-electron chi connectivity index (χ1n) is 6.29. The molecule has 0 spiro atoms. The average Bonchev–Trinajstić information content (AvgIpc) is 2.33. The first kappa shape index (κ1) is 11.8. The molecule has 0 aromatic heterocycles. The van der Waals surface area contributed by atoms with Gasteiger partial charge in [-0.3, -0.25) is 0 Å². The van der Waals surface area contributed by atoms with Gasteiger partial charge in [0.2, 0.25) is 0 Å². The molecule has 14 heavy (non-hydrogen) atoms. The first-order chi connectivity index (χ1) is 6.93. The lowest BCUT2D eigenvalue weighted by Gasteiger charge is -2.13. The zero-order valence-corrected chi connectivity index (χ0v) is 9.60. The van der Waals surface area contributed by atoms with Gasteiger partial charge in [-0.15, -0.1) is 0 Å². The Hall–Kier alpha value is -0.300. The fraction of sp³-hybridized carbons (Fsp3) is 0.846. The minimum absolute atomic E-state index is 1.000. The van der Waals surface area contributed by atoms with Gasteiger partial charge in [-0.2, -0.15) is 0 Å². The van der Waals surface area contributed by atoms with Crippen LogP contribution >= 0.6 is 0 Å². The third-order valence-corrected chi connectivity index (χ3v) is 3.16. The zero-order valence-electron chi connectivity index (χ0n) is 9.60. The van der Waals surface area contributed by atoms with E-state index in [1.54, 1.807) is 0 Å². The van der Waals surface area contributed by atoms with Crippen molar-refractivity contribution in [3.8, 4) is 0 Å². The Morgan fingerprint density at radius 3 is 2.21 bits per heavy atom. The molecule has 2 aliphatic rings. The van der Waals surface area contributed by atoms with E-state index in [0.717, 1.165) is 5.92 Å². The summed E-state index contributed by atoms with van der Waals surface area (Å²) in [5.74, 6) is 1.000. The molecule has 0 radical (unpaired) electrons. The van der Waals surface area contributed by atoms with Crippen LogP contribution < -0.4 is 5.32 Å². The molecule has 0 bridgehead atoms. The summed E-state index contributed by atoms with van der Waals surface area (Å²) in [6.45, 7) is 4.78. The minimum Gasteiger partial charge on any atom is -0.317 e. The number of hydrogen-bond acceptors (Lipinski definition) is 1. The van der Waals surface area contributed by atoms with Gasteiger partial charge in [0, 0.05) is 0 Å². The molecule has 1 aliphatic heterocycles. The molecule has 1 heterocycles. The van der Waals surface area contributed by atoms with E-state index >= 15 is 0 Å². The van der Waals surface area contributed by atoms with Crippen molar-refractivity contribution in [3.05, 3.63) is 12.2 Å². The number of piperidine rings is 1. The molecule has 0 aromatic rings. The lowest BCUT2D eigenvalue weighted by atomic mass is 9.92. The van der Waals surface area contributed by atoms with Crippen molar-refractivity contribution in [2.45, 2.75) is 51.9 Å². The lowest BCUT2D eigenvalue weighted by Crippen LogP contribution is -2.21. The molecule has 1 aliphatic carbocycles. The number of allylic oxidation sites excluding steroid dienone is 2. The molecule has 1 nitrogen and oxygen atoms in total. The summed E-state index contributed by atoms with van der Waals surface area (Å²) in [7, 11) is 0. The van der Waals surface area contributed by atoms with Gasteiger partial charge >= 0.3 is 0 Å². The van der Waals surface area contributed by atoms with Crippen molar-refractivity contribution >= 4 is 0 Å². The Balaban J connectivity index is 0.000000146. The van der Waals surface area contributed by atoms with Crippen LogP contribution in [-0.4, -0.2) is 13.1 Å². The molecular weight excluding hydrogens is 170 g/mol. The van der Waals surface area contributed by atoms with Crippen LogP contribution in [0.15, 0.2) is 12.2 Å². The van der Waals surface area contributed by atoms with E-state index in [-0.39, 0.29) is 0 Å². The van der Waals surface area contributed by atoms with Crippen LogP contribution in [0.4, 0.5) is 0 Å². The Kier molecular flexibility index (Phi) is 6.77. The van der Waals surface area contributed by atoms with Crippen LogP contribution in [0.1, 0.15) is 51.9 Å². The van der Waals surface area contributed by atoms with Gasteiger partial charge in [-0.05, 0) is 51.1 Å². The zero-order chi connectivity index (χ0) is 10.1. The van der Waals surface area contributed by atoms with Gasteiger partial charge in [-0.25, -0.2) is 0 Å². The van der Waals surface area contributed by atoms with E-state index in [0.29, 0.717) is 0 Å². The highest BCUT2D eigenvalue weighted by molar-refractivity contribution is 4.89. The van der Waals surface area contributed by atoms with Crippen LogP contribution in [-0.2, 0) is 0 Å². The molecule has 0 aromatic carbocycles. The largest absolute Gasteiger partial charge is 0.317 e. The molecule has 82 valence electrons. The summed E-state index contributed by atoms with van der Waals surface area (Å²) < 4.78 is 0. The van der Waals surface area contributed by atoms with Crippen molar-refractivity contribution in [1.82, 2.24) is 5.32 Å². The molecule has 1 N–H and O–H groups in total. The van der Waals surface area contributed by atoms with Crippen LogP contribution in [0, 0.1) is 5.92 Å². The fourth-order valence-electron chi connectivity index (χ4n) is 2.03. The summed E-state index contributed by atoms with van der Waals surface area (Å²) in [5, 5.41) is 3.28. The molecule has 1 unspecified atom stereocenters. The second kappa shape index (κ2) is 8.05. The SMILES string of the molecule is C1CCNCC1.CCC1CC=CCC1. The van der Waals surface area contributed by atoms with Crippen molar-refractivity contribution in [2.24, 2.45) is 5.92 Å². The van der Waals surface area contributed by atoms with Crippen LogP contribution in [0.2, 0.25) is 0 Å². The Morgan fingerprint density at radius 2 is 1.93 bits per heavy atom. The smallest absolute Gasteiger partial charge is 0.00489 e. The Labute approximate surface area is 89.0 Å². The number of rotatable bonds is 1. The second-order valence-corrected chi connectivity index (χ2v) is 4.37. The van der Waals surface area contributed by atoms with E-state index < -0.39 is 0 Å². The van der Waals surface area contributed by atoms with Gasteiger partial charge in [0.05, 0.1) is 0 Å². The van der Waals surface area contributed by atoms with Crippen LogP contribution in [0.25, 0.3) is 0 Å². The van der Waals surface area contributed by atoms with Gasteiger partial charge in [0.25, 0.3) is 0 Å². The quantitative estimate of drug-likeness (QED) is 0.631. The molecule has 1 atom stereocenters. The maximum Gasteiger partial charge on any atom is -0.00489 e. The predicted octanol–water partition coefficient (Wildman–Crippen LogP) is 3.51. The van der Waals surface area contributed by atoms with E-state index in [9.17, 15) is 0 Å². The highest BCUT2D eigenvalue weighted by atomic mass is 14.9. The van der Waals surface area contributed by atoms with Crippen LogP contribution in [0.3, 0.4) is 0 Å². The van der Waals surface area contributed by atoms with Gasteiger partial charge in [0.1, 0.15) is 0 Å². The number of nitrogens with one attached hydrogen (secondary N) is 1. The molecule has 2 rings (SSSR count). The second-order valence-electron chi connectivity index (χ2n) is 4.37. The van der Waals surface area contributed by atoms with Gasteiger partial charge < -0.3 is 5.32 Å². The summed E-state index contributed by atoms with van der Waals surface area (Å²) >= 11 is 0. The third-order valence-electron chi connectivity index (χ3n) is 3.16. The van der Waals surface area contributed by atoms with Crippen LogP contribution in [0.5, 0.6) is 0 Å². The van der Waals surface area contributed by atoms with E-state index in [4.69, 9.17) is 0 Å². The Bertz CT molecular complexity index is 136. The lowest BCUT2D eigenvalue weighted by molar-refractivity contribution is 0.465. The monoisotopic (exact) mass is 195 g/mol. The molecule has 1 heteroatoms. The van der Waals surface area contributed by atoms with Crippen molar-refractivity contribution < 1.29 is 0 Å². The number of hydrogen-bond donors (Lipinski definition) is 1. The van der Waals surface area contributed by atoms with Crippen molar-refractivity contribution in [2.75, 3.05) is 13.1 Å². The maximum absolute atomic E-state index is 3.28. The summed E-state index contributed by atoms with van der Waals surface area (Å²) in [4.78, 5) is 0. The molecular formula is C13H25N. The fourth-order valence-corrected chi connectivity index (χ4v) is 2.03. The molecule has 0 saturated carbocycles. The van der Waals surface area contributed by atoms with E-state index in [2.05, 4.69) is 24.4 Å². The topological polar surface area (TPSA) is 12.0 Å². The van der Waals surface area contributed by atoms with E-state index in [1.807, 2.05) is 0 Å². The summed E-state index contributed by atoms with van der Waals surface area (Å²) in [6, 6.07) is 0. The third kappa shape index (κ3) is 5.43. The molecule has 0 amide bonds. The van der Waals surface area contributed by atoms with Gasteiger partial charge in [0.15, 0.2) is 0 Å². The molecule has 1 fully saturated rings. The average molecular weight is 195 g/mol. The molecule has 1 saturated heterocycles. The predicted molar refractivity (Wildman–Crippen MR) is 63.5 cm³/mol. The standard InChI is InChI=1S/C8H14.C5H11N/c1-2-8-6-4-3-5-7-8;1-2-4-6-5-3-1/h3-4,8H,2,5-7H2,1H3;6H,1-5H2.